The van der Waals surface area contributed by atoms with Gasteiger partial charge in [0.25, 0.3) is 0 Å². The number of ether oxygens (including phenoxy) is 1. The predicted octanol–water partition coefficient (Wildman–Crippen LogP) is 4.84. The summed E-state index contributed by atoms with van der Waals surface area (Å²) < 4.78 is 12.2. The van der Waals surface area contributed by atoms with Crippen molar-refractivity contribution in [1.29, 1.82) is 0 Å². The number of aromatic nitrogens is 2. The van der Waals surface area contributed by atoms with Crippen LogP contribution in [0, 0.1) is 0 Å². The average molecular weight is 359 g/mol. The molecule has 0 aliphatic heterocycles. The zero-order valence-electron chi connectivity index (χ0n) is 14.2. The Morgan fingerprint density at radius 2 is 1.50 bits per heavy atom. The van der Waals surface area contributed by atoms with E-state index in [-0.39, 0.29) is 0 Å². The molecule has 0 fully saturated rings. The Morgan fingerprint density at radius 3 is 2.23 bits per heavy atom. The molecule has 1 heterocycles. The highest BCUT2D eigenvalue weighted by Crippen LogP contribution is 2.27. The highest BCUT2D eigenvalue weighted by atomic mass is 32.1. The van der Waals surface area contributed by atoms with Gasteiger partial charge >= 0.3 is 0 Å². The quantitative estimate of drug-likeness (QED) is 0.523. The Hall–Kier alpha value is -3.18. The van der Waals surface area contributed by atoms with Crippen LogP contribution in [0.1, 0.15) is 0 Å². The molecular weight excluding hydrogens is 342 g/mol. The molecule has 0 aliphatic rings. The van der Waals surface area contributed by atoms with Crippen molar-refractivity contribution in [3.63, 3.8) is 0 Å². The minimum absolute atomic E-state index is 0.738. The number of hydrogen-bond donors (Lipinski definition) is 0. The number of rotatable bonds is 4. The summed E-state index contributed by atoms with van der Waals surface area (Å²) in [5.74, 6) is 1.61. The monoisotopic (exact) mass is 359 g/mol. The average Bonchev–Trinajstić information content (AvgIpc) is 3.13. The number of hydrogen-bond acceptors (Lipinski definition) is 4. The summed E-state index contributed by atoms with van der Waals surface area (Å²) in [7, 11) is 1.65. The van der Waals surface area contributed by atoms with Gasteiger partial charge in [-0.1, -0.05) is 60.7 Å². The van der Waals surface area contributed by atoms with Crippen molar-refractivity contribution in [2.24, 2.45) is 4.99 Å². The highest BCUT2D eigenvalue weighted by molar-refractivity contribution is 7.03. The van der Waals surface area contributed by atoms with Gasteiger partial charge in [0.15, 0.2) is 5.82 Å². The summed E-state index contributed by atoms with van der Waals surface area (Å²) in [6.45, 7) is 0. The zero-order valence-corrected chi connectivity index (χ0v) is 15.1. The Balaban J connectivity index is 1.97. The lowest BCUT2D eigenvalue weighted by atomic mass is 10.2. The molecule has 4 nitrogen and oxygen atoms in total. The Kier molecular flexibility index (Phi) is 4.62. The molecular formula is C21H17N3OS. The topological polar surface area (TPSA) is 39.4 Å². The fourth-order valence-electron chi connectivity index (χ4n) is 2.73. The molecule has 4 aromatic rings. The SMILES string of the molecule is COc1ccccc1N=c1snc(-c2ccccc2)n1-c1ccccc1. The van der Waals surface area contributed by atoms with Crippen molar-refractivity contribution in [3.8, 4) is 22.8 Å². The van der Waals surface area contributed by atoms with Gasteiger partial charge in [-0.25, -0.2) is 4.99 Å². The third-order valence-corrected chi connectivity index (χ3v) is 4.67. The minimum Gasteiger partial charge on any atom is -0.494 e. The van der Waals surface area contributed by atoms with E-state index in [0.717, 1.165) is 33.3 Å². The second-order valence-electron chi connectivity index (χ2n) is 5.61. The van der Waals surface area contributed by atoms with E-state index >= 15 is 0 Å². The summed E-state index contributed by atoms with van der Waals surface area (Å²) in [5, 5.41) is 0. The van der Waals surface area contributed by atoms with Crippen molar-refractivity contribution >= 4 is 17.2 Å². The van der Waals surface area contributed by atoms with Gasteiger partial charge in [0.1, 0.15) is 11.4 Å². The predicted molar refractivity (Wildman–Crippen MR) is 105 cm³/mol. The van der Waals surface area contributed by atoms with Crippen LogP contribution in [0.2, 0.25) is 0 Å². The summed E-state index contributed by atoms with van der Waals surface area (Å²) in [6, 6.07) is 28.0. The van der Waals surface area contributed by atoms with Crippen molar-refractivity contribution in [2.75, 3.05) is 7.11 Å². The molecule has 0 aliphatic carbocycles. The largest absolute Gasteiger partial charge is 0.494 e. The first kappa shape index (κ1) is 16.3. The van der Waals surface area contributed by atoms with Gasteiger partial charge in [0, 0.05) is 22.8 Å². The molecule has 0 amide bonds. The first-order valence-electron chi connectivity index (χ1n) is 8.24. The lowest BCUT2D eigenvalue weighted by Gasteiger charge is -2.08. The smallest absolute Gasteiger partial charge is 0.214 e. The standard InChI is InChI=1S/C21H17N3OS/c1-25-19-15-9-8-14-18(19)22-21-24(17-12-6-3-7-13-17)20(23-26-21)16-10-4-2-5-11-16/h2-15H,1H3. The van der Waals surface area contributed by atoms with Crippen molar-refractivity contribution in [1.82, 2.24) is 8.94 Å². The van der Waals surface area contributed by atoms with E-state index in [1.807, 2.05) is 60.7 Å². The molecule has 3 aromatic carbocycles. The van der Waals surface area contributed by atoms with E-state index in [1.54, 1.807) is 7.11 Å². The Bertz CT molecular complexity index is 1070. The maximum atomic E-state index is 5.44. The molecule has 0 radical (unpaired) electrons. The summed E-state index contributed by atoms with van der Waals surface area (Å²) >= 11 is 1.37. The van der Waals surface area contributed by atoms with Crippen LogP contribution in [-0.4, -0.2) is 16.1 Å². The molecule has 26 heavy (non-hydrogen) atoms. The minimum atomic E-state index is 0.738. The molecule has 1 aromatic heterocycles. The fourth-order valence-corrected chi connectivity index (χ4v) is 3.50. The van der Waals surface area contributed by atoms with Gasteiger partial charge in [-0.3, -0.25) is 4.57 Å². The van der Waals surface area contributed by atoms with Crippen LogP contribution < -0.4 is 9.54 Å². The normalized spacial score (nSPS) is 11.5. The van der Waals surface area contributed by atoms with Gasteiger partial charge in [0.2, 0.25) is 4.80 Å². The third kappa shape index (κ3) is 3.17. The van der Waals surface area contributed by atoms with Crippen LogP contribution in [0.3, 0.4) is 0 Å². The lowest BCUT2D eigenvalue weighted by molar-refractivity contribution is 0.416. The summed E-state index contributed by atoms with van der Waals surface area (Å²) in [4.78, 5) is 5.62. The second-order valence-corrected chi connectivity index (χ2v) is 6.34. The molecule has 0 N–H and O–H groups in total. The molecule has 0 atom stereocenters. The number of para-hydroxylation sites is 3. The van der Waals surface area contributed by atoms with E-state index < -0.39 is 0 Å². The molecule has 0 spiro atoms. The van der Waals surface area contributed by atoms with Crippen LogP contribution in [0.4, 0.5) is 5.69 Å². The van der Waals surface area contributed by atoms with E-state index in [4.69, 9.17) is 9.73 Å². The second kappa shape index (κ2) is 7.37. The van der Waals surface area contributed by atoms with Crippen molar-refractivity contribution in [2.45, 2.75) is 0 Å². The van der Waals surface area contributed by atoms with Crippen LogP contribution in [0.5, 0.6) is 5.75 Å². The van der Waals surface area contributed by atoms with Gasteiger partial charge in [-0.05, 0) is 24.3 Å². The van der Waals surface area contributed by atoms with Crippen LogP contribution in [0.15, 0.2) is 89.9 Å². The molecule has 0 bridgehead atoms. The number of nitrogens with zero attached hydrogens (tertiary/aromatic N) is 3. The molecule has 0 saturated heterocycles. The van der Waals surface area contributed by atoms with Gasteiger partial charge in [-0.2, -0.15) is 4.37 Å². The van der Waals surface area contributed by atoms with Crippen LogP contribution >= 0.6 is 11.5 Å². The van der Waals surface area contributed by atoms with Crippen LogP contribution in [0.25, 0.3) is 17.1 Å². The van der Waals surface area contributed by atoms with Gasteiger partial charge in [-0.15, -0.1) is 0 Å². The molecule has 0 unspecified atom stereocenters. The van der Waals surface area contributed by atoms with Crippen LogP contribution in [-0.2, 0) is 0 Å². The highest BCUT2D eigenvalue weighted by Gasteiger charge is 2.12. The van der Waals surface area contributed by atoms with E-state index in [2.05, 4.69) is 33.2 Å². The van der Waals surface area contributed by atoms with E-state index in [0.29, 0.717) is 0 Å². The number of benzene rings is 3. The van der Waals surface area contributed by atoms with Gasteiger partial charge < -0.3 is 4.74 Å². The van der Waals surface area contributed by atoms with E-state index in [1.165, 1.54) is 11.5 Å². The van der Waals surface area contributed by atoms with Crippen molar-refractivity contribution in [3.05, 3.63) is 89.7 Å². The molecule has 4 rings (SSSR count). The molecule has 5 heteroatoms. The zero-order chi connectivity index (χ0) is 17.8. The fraction of sp³-hybridized carbons (Fsp3) is 0.0476. The summed E-state index contributed by atoms with van der Waals surface area (Å²) in [5.41, 5.74) is 2.85. The first-order valence-corrected chi connectivity index (χ1v) is 9.01. The maximum Gasteiger partial charge on any atom is 0.214 e. The Morgan fingerprint density at radius 1 is 0.846 bits per heavy atom. The molecule has 128 valence electrons. The summed E-state index contributed by atoms with van der Waals surface area (Å²) in [6.07, 6.45) is 0. The lowest BCUT2D eigenvalue weighted by Crippen LogP contribution is -2.13. The first-order chi connectivity index (χ1) is 12.9. The van der Waals surface area contributed by atoms with Crippen molar-refractivity contribution < 1.29 is 4.74 Å². The molecule has 0 saturated carbocycles. The maximum absolute atomic E-state index is 5.44. The van der Waals surface area contributed by atoms with E-state index in [9.17, 15) is 0 Å². The number of methoxy groups -OCH3 is 1. The third-order valence-electron chi connectivity index (χ3n) is 3.96. The van der Waals surface area contributed by atoms with Gasteiger partial charge in [0.05, 0.1) is 7.11 Å². The Labute approximate surface area is 155 Å².